The zero-order valence-electron chi connectivity index (χ0n) is 8.16. The molecule has 0 atom stereocenters. The number of rotatable bonds is 2. The van der Waals surface area contributed by atoms with Crippen LogP contribution in [0, 0.1) is 0 Å². The number of anilines is 1. The third-order valence-corrected chi connectivity index (χ3v) is 2.99. The standard InChI is InChI=1S/C9H8N6S/c10-14-9-12-7(15-3-2-11-5-15)6-1-4-16-8(6)13-9/h1-5H,10H2,(H,12,13,14). The fraction of sp³-hybridized carbons (Fsp3) is 0. The zero-order valence-corrected chi connectivity index (χ0v) is 8.98. The van der Waals surface area contributed by atoms with Crippen molar-refractivity contribution in [3.63, 3.8) is 0 Å². The largest absolute Gasteiger partial charge is 0.292 e. The van der Waals surface area contributed by atoms with Crippen molar-refractivity contribution in [2.45, 2.75) is 0 Å². The van der Waals surface area contributed by atoms with E-state index in [-0.39, 0.29) is 0 Å². The molecule has 7 heteroatoms. The molecular weight excluding hydrogens is 224 g/mol. The third kappa shape index (κ3) is 1.34. The summed E-state index contributed by atoms with van der Waals surface area (Å²) in [6.07, 6.45) is 5.23. The first-order chi connectivity index (χ1) is 7.88. The molecule has 0 saturated heterocycles. The van der Waals surface area contributed by atoms with Gasteiger partial charge in [0.2, 0.25) is 5.95 Å². The summed E-state index contributed by atoms with van der Waals surface area (Å²) in [5.74, 6) is 6.51. The fourth-order valence-electron chi connectivity index (χ4n) is 1.49. The molecule has 0 spiro atoms. The third-order valence-electron chi connectivity index (χ3n) is 2.18. The monoisotopic (exact) mass is 232 g/mol. The van der Waals surface area contributed by atoms with Crippen LogP contribution >= 0.6 is 11.3 Å². The van der Waals surface area contributed by atoms with E-state index in [1.54, 1.807) is 23.9 Å². The smallest absolute Gasteiger partial charge is 0.240 e. The highest BCUT2D eigenvalue weighted by Gasteiger charge is 2.09. The van der Waals surface area contributed by atoms with E-state index in [1.165, 1.54) is 0 Å². The van der Waals surface area contributed by atoms with Gasteiger partial charge in [-0.1, -0.05) is 0 Å². The molecule has 0 aliphatic rings. The van der Waals surface area contributed by atoms with Crippen molar-refractivity contribution < 1.29 is 0 Å². The molecule has 0 aliphatic heterocycles. The second kappa shape index (κ2) is 3.54. The van der Waals surface area contributed by atoms with Gasteiger partial charge in [0, 0.05) is 12.4 Å². The number of hydrogen-bond acceptors (Lipinski definition) is 6. The van der Waals surface area contributed by atoms with Crippen LogP contribution in [-0.2, 0) is 0 Å². The Morgan fingerprint density at radius 1 is 1.38 bits per heavy atom. The van der Waals surface area contributed by atoms with Gasteiger partial charge in [-0.15, -0.1) is 11.3 Å². The Labute approximate surface area is 94.7 Å². The Balaban J connectivity index is 2.33. The van der Waals surface area contributed by atoms with Crippen molar-refractivity contribution in [2.24, 2.45) is 5.84 Å². The van der Waals surface area contributed by atoms with Crippen LogP contribution in [-0.4, -0.2) is 19.5 Å². The first-order valence-corrected chi connectivity index (χ1v) is 5.46. The number of nitrogens with two attached hydrogens (primary N) is 1. The number of nitrogen functional groups attached to an aromatic ring is 1. The summed E-state index contributed by atoms with van der Waals surface area (Å²) in [6, 6.07) is 1.98. The van der Waals surface area contributed by atoms with Gasteiger partial charge in [0.1, 0.15) is 11.2 Å². The lowest BCUT2D eigenvalue weighted by molar-refractivity contribution is 0.991. The van der Waals surface area contributed by atoms with Crippen LogP contribution in [0.2, 0.25) is 0 Å². The minimum Gasteiger partial charge on any atom is -0.292 e. The van der Waals surface area contributed by atoms with Gasteiger partial charge in [-0.2, -0.15) is 4.98 Å². The summed E-state index contributed by atoms with van der Waals surface area (Å²) in [5, 5.41) is 2.96. The summed E-state index contributed by atoms with van der Waals surface area (Å²) < 4.78 is 1.83. The van der Waals surface area contributed by atoms with Gasteiger partial charge >= 0.3 is 0 Å². The molecule has 0 amide bonds. The number of thiophene rings is 1. The van der Waals surface area contributed by atoms with Gasteiger partial charge in [0.15, 0.2) is 5.82 Å². The number of aromatic nitrogens is 4. The van der Waals surface area contributed by atoms with E-state index in [9.17, 15) is 0 Å². The molecule has 0 radical (unpaired) electrons. The lowest BCUT2D eigenvalue weighted by Gasteiger charge is -2.05. The average Bonchev–Trinajstić information content (AvgIpc) is 2.98. The Bertz CT molecular complexity index is 614. The van der Waals surface area contributed by atoms with Gasteiger partial charge in [-0.05, 0) is 11.4 Å². The molecule has 3 rings (SSSR count). The SMILES string of the molecule is NNc1nc(-n2ccnc2)c2ccsc2n1. The Morgan fingerprint density at radius 3 is 3.06 bits per heavy atom. The minimum atomic E-state index is 0.402. The highest BCUT2D eigenvalue weighted by molar-refractivity contribution is 7.16. The molecule has 6 nitrogen and oxygen atoms in total. The summed E-state index contributed by atoms with van der Waals surface area (Å²) in [4.78, 5) is 13.5. The maximum atomic E-state index is 5.34. The van der Waals surface area contributed by atoms with Crippen LogP contribution in [0.15, 0.2) is 30.2 Å². The normalized spacial score (nSPS) is 10.8. The van der Waals surface area contributed by atoms with Crippen LogP contribution in [0.5, 0.6) is 0 Å². The maximum Gasteiger partial charge on any atom is 0.240 e. The number of nitrogens with one attached hydrogen (secondary N) is 1. The highest BCUT2D eigenvalue weighted by Crippen LogP contribution is 2.24. The fourth-order valence-corrected chi connectivity index (χ4v) is 2.24. The molecule has 0 fully saturated rings. The molecule has 3 aromatic rings. The predicted octanol–water partition coefficient (Wildman–Crippen LogP) is 1.16. The summed E-state index contributed by atoms with van der Waals surface area (Å²) in [5.41, 5.74) is 2.46. The number of imidazole rings is 1. The lowest BCUT2D eigenvalue weighted by Crippen LogP contribution is -2.11. The van der Waals surface area contributed by atoms with Crippen molar-refractivity contribution in [1.29, 1.82) is 0 Å². The second-order valence-corrected chi connectivity index (χ2v) is 4.02. The van der Waals surface area contributed by atoms with Crippen molar-refractivity contribution in [3.05, 3.63) is 30.2 Å². The predicted molar refractivity (Wildman–Crippen MR) is 62.3 cm³/mol. The number of hydrazine groups is 1. The minimum absolute atomic E-state index is 0.402. The van der Waals surface area contributed by atoms with Crippen LogP contribution < -0.4 is 11.3 Å². The molecule has 0 bridgehead atoms. The molecular formula is C9H8N6S. The molecule has 0 aromatic carbocycles. The van der Waals surface area contributed by atoms with E-state index in [2.05, 4.69) is 20.4 Å². The molecule has 0 unspecified atom stereocenters. The highest BCUT2D eigenvalue weighted by atomic mass is 32.1. The quantitative estimate of drug-likeness (QED) is 0.512. The Morgan fingerprint density at radius 2 is 2.31 bits per heavy atom. The van der Waals surface area contributed by atoms with E-state index in [0.717, 1.165) is 16.0 Å². The van der Waals surface area contributed by atoms with Gasteiger partial charge in [-0.25, -0.2) is 15.8 Å². The van der Waals surface area contributed by atoms with Crippen LogP contribution in [0.1, 0.15) is 0 Å². The molecule has 16 heavy (non-hydrogen) atoms. The van der Waals surface area contributed by atoms with E-state index >= 15 is 0 Å². The Hall–Kier alpha value is -1.99. The molecule has 0 saturated carbocycles. The number of fused-ring (bicyclic) bond motifs is 1. The van der Waals surface area contributed by atoms with Gasteiger partial charge in [0.05, 0.1) is 5.39 Å². The van der Waals surface area contributed by atoms with E-state index in [1.807, 2.05) is 22.2 Å². The van der Waals surface area contributed by atoms with Crippen molar-refractivity contribution >= 4 is 27.5 Å². The molecule has 3 N–H and O–H groups in total. The van der Waals surface area contributed by atoms with Gasteiger partial charge in [-0.3, -0.25) is 9.99 Å². The molecule has 3 heterocycles. The first-order valence-electron chi connectivity index (χ1n) is 4.58. The summed E-state index contributed by atoms with van der Waals surface area (Å²) >= 11 is 1.55. The Kier molecular flexibility index (Phi) is 2.05. The summed E-state index contributed by atoms with van der Waals surface area (Å²) in [7, 11) is 0. The van der Waals surface area contributed by atoms with Crippen molar-refractivity contribution in [2.75, 3.05) is 5.43 Å². The van der Waals surface area contributed by atoms with Crippen LogP contribution in [0.3, 0.4) is 0 Å². The van der Waals surface area contributed by atoms with Crippen molar-refractivity contribution in [3.8, 4) is 5.82 Å². The molecule has 3 aromatic heterocycles. The first kappa shape index (κ1) is 9.25. The van der Waals surface area contributed by atoms with E-state index < -0.39 is 0 Å². The second-order valence-electron chi connectivity index (χ2n) is 3.12. The molecule has 80 valence electrons. The summed E-state index contributed by atoms with van der Waals surface area (Å²) in [6.45, 7) is 0. The van der Waals surface area contributed by atoms with Crippen molar-refractivity contribution in [1.82, 2.24) is 19.5 Å². The maximum absolute atomic E-state index is 5.34. The molecule has 0 aliphatic carbocycles. The number of hydrogen-bond donors (Lipinski definition) is 2. The van der Waals surface area contributed by atoms with E-state index in [4.69, 9.17) is 5.84 Å². The van der Waals surface area contributed by atoms with Gasteiger partial charge < -0.3 is 0 Å². The zero-order chi connectivity index (χ0) is 11.0. The van der Waals surface area contributed by atoms with Crippen LogP contribution in [0.4, 0.5) is 5.95 Å². The van der Waals surface area contributed by atoms with E-state index in [0.29, 0.717) is 5.95 Å². The lowest BCUT2D eigenvalue weighted by atomic mass is 10.4. The topological polar surface area (TPSA) is 81.6 Å². The number of nitrogens with zero attached hydrogens (tertiary/aromatic N) is 4. The average molecular weight is 232 g/mol. The van der Waals surface area contributed by atoms with Crippen LogP contribution in [0.25, 0.3) is 16.0 Å². The van der Waals surface area contributed by atoms with Gasteiger partial charge in [0.25, 0.3) is 0 Å².